The lowest BCUT2D eigenvalue weighted by atomic mass is 10.3. The van der Waals surface area contributed by atoms with Crippen LogP contribution in [-0.4, -0.2) is 17.8 Å². The zero-order valence-corrected chi connectivity index (χ0v) is 15.4. The van der Waals surface area contributed by atoms with Gasteiger partial charge in [0.1, 0.15) is 0 Å². The molecule has 1 N–H and O–H groups in total. The minimum Gasteiger partial charge on any atom is -0.279 e. The highest BCUT2D eigenvalue weighted by molar-refractivity contribution is 9.10. The zero-order chi connectivity index (χ0) is 16.8. The summed E-state index contributed by atoms with van der Waals surface area (Å²) in [6, 6.07) is 6.64. The molecule has 0 bridgehead atoms. The molecule has 2 heterocycles. The number of sulfonamides is 1. The summed E-state index contributed by atoms with van der Waals surface area (Å²) in [6.45, 7) is 3.26. The van der Waals surface area contributed by atoms with Crippen LogP contribution in [0.5, 0.6) is 0 Å². The summed E-state index contributed by atoms with van der Waals surface area (Å²) >= 11 is 4.58. The molecule has 1 aromatic carbocycles. The third-order valence-electron chi connectivity index (χ3n) is 3.23. The molecule has 0 aliphatic rings. The number of nitrogens with zero attached hydrogens (tertiary/aromatic N) is 2. The van der Waals surface area contributed by atoms with Gasteiger partial charge in [-0.05, 0) is 38.1 Å². The van der Waals surface area contributed by atoms with Crippen molar-refractivity contribution in [3.05, 3.63) is 55.9 Å². The second-order valence-electron chi connectivity index (χ2n) is 4.94. The van der Waals surface area contributed by atoms with E-state index in [1.807, 2.05) is 0 Å². The van der Waals surface area contributed by atoms with Crippen molar-refractivity contribution >= 4 is 47.9 Å². The van der Waals surface area contributed by atoms with Crippen molar-refractivity contribution in [3.63, 3.8) is 0 Å². The van der Waals surface area contributed by atoms with Gasteiger partial charge in [-0.1, -0.05) is 15.9 Å². The third kappa shape index (κ3) is 2.91. The second-order valence-corrected chi connectivity index (χ2v) is 8.31. The normalized spacial score (nSPS) is 11.8. The fraction of sp³-hybridized carbons (Fsp3) is 0.143. The molecule has 0 amide bonds. The minimum absolute atomic E-state index is 0.182. The van der Waals surface area contributed by atoms with Gasteiger partial charge in [-0.2, -0.15) is 0 Å². The van der Waals surface area contributed by atoms with Gasteiger partial charge in [-0.25, -0.2) is 13.4 Å². The highest BCUT2D eigenvalue weighted by atomic mass is 79.9. The van der Waals surface area contributed by atoms with E-state index < -0.39 is 15.6 Å². The summed E-state index contributed by atoms with van der Waals surface area (Å²) in [6.07, 6.45) is 0. The molecule has 2 aromatic heterocycles. The van der Waals surface area contributed by atoms with Gasteiger partial charge < -0.3 is 0 Å². The Hall–Kier alpha value is -1.71. The van der Waals surface area contributed by atoms with Crippen molar-refractivity contribution in [1.82, 2.24) is 9.38 Å². The van der Waals surface area contributed by atoms with Crippen LogP contribution in [0.15, 0.2) is 43.8 Å². The van der Waals surface area contributed by atoms with Crippen LogP contribution in [0.4, 0.5) is 5.69 Å². The average molecular weight is 414 g/mol. The van der Waals surface area contributed by atoms with Crippen LogP contribution in [0.1, 0.15) is 11.4 Å². The molecule has 120 valence electrons. The summed E-state index contributed by atoms with van der Waals surface area (Å²) in [5.41, 5.74) is 0.624. The van der Waals surface area contributed by atoms with Crippen molar-refractivity contribution in [2.45, 2.75) is 18.7 Å². The summed E-state index contributed by atoms with van der Waals surface area (Å²) in [7, 11) is -4.03. The molecule has 0 aliphatic heterocycles. The maximum Gasteiger partial charge on any atom is 0.279 e. The van der Waals surface area contributed by atoms with E-state index in [0.29, 0.717) is 16.3 Å². The quantitative estimate of drug-likeness (QED) is 0.715. The van der Waals surface area contributed by atoms with Crippen LogP contribution in [0.2, 0.25) is 0 Å². The molecule has 3 aromatic rings. The molecule has 0 radical (unpaired) electrons. The fourth-order valence-corrected chi connectivity index (χ4v) is 4.67. The number of thiazole rings is 1. The second kappa shape index (κ2) is 5.73. The molecule has 0 unspecified atom stereocenters. The van der Waals surface area contributed by atoms with Crippen molar-refractivity contribution in [2.24, 2.45) is 0 Å². The number of anilines is 1. The van der Waals surface area contributed by atoms with Gasteiger partial charge in [0.2, 0.25) is 0 Å². The first-order valence-corrected chi connectivity index (χ1v) is 9.71. The molecule has 3 rings (SSSR count). The van der Waals surface area contributed by atoms with Crippen LogP contribution in [0, 0.1) is 13.8 Å². The number of fused-ring (bicyclic) bond motifs is 1. The largest absolute Gasteiger partial charge is 0.279 e. The average Bonchev–Trinajstić information content (AvgIpc) is 2.82. The molecule has 0 aliphatic carbocycles. The monoisotopic (exact) mass is 413 g/mol. The van der Waals surface area contributed by atoms with Crippen LogP contribution in [0.3, 0.4) is 0 Å². The first-order chi connectivity index (χ1) is 10.8. The van der Waals surface area contributed by atoms with E-state index >= 15 is 0 Å². The lowest BCUT2D eigenvalue weighted by Gasteiger charge is -2.10. The Kier molecular flexibility index (Phi) is 4.03. The number of hydrogen-bond acceptors (Lipinski definition) is 5. The fourth-order valence-electron chi connectivity index (χ4n) is 2.20. The van der Waals surface area contributed by atoms with E-state index in [1.165, 1.54) is 22.7 Å². The van der Waals surface area contributed by atoms with Gasteiger partial charge in [0.05, 0.1) is 5.69 Å². The Morgan fingerprint density at radius 1 is 1.22 bits per heavy atom. The Balaban J connectivity index is 2.16. The number of benzene rings is 1. The summed E-state index contributed by atoms with van der Waals surface area (Å²) in [5.74, 6) is 0. The van der Waals surface area contributed by atoms with E-state index in [9.17, 15) is 13.2 Å². The summed E-state index contributed by atoms with van der Waals surface area (Å²) < 4.78 is 29.8. The number of aromatic nitrogens is 2. The number of rotatable bonds is 3. The highest BCUT2D eigenvalue weighted by Crippen LogP contribution is 2.20. The number of hydrogen-bond donors (Lipinski definition) is 1. The van der Waals surface area contributed by atoms with E-state index in [1.54, 1.807) is 36.6 Å². The Morgan fingerprint density at radius 3 is 2.52 bits per heavy atom. The molecular weight excluding hydrogens is 402 g/mol. The predicted molar refractivity (Wildman–Crippen MR) is 93.8 cm³/mol. The smallest absolute Gasteiger partial charge is 0.279 e. The first kappa shape index (κ1) is 16.2. The summed E-state index contributed by atoms with van der Waals surface area (Å²) in [5, 5.41) is 1.77. The van der Waals surface area contributed by atoms with E-state index in [2.05, 4.69) is 25.6 Å². The molecule has 6 nitrogen and oxygen atoms in total. The van der Waals surface area contributed by atoms with Crippen LogP contribution >= 0.6 is 27.3 Å². The molecule has 0 spiro atoms. The highest BCUT2D eigenvalue weighted by Gasteiger charge is 2.25. The van der Waals surface area contributed by atoms with Crippen LogP contribution in [0.25, 0.3) is 4.96 Å². The maximum absolute atomic E-state index is 12.6. The van der Waals surface area contributed by atoms with Gasteiger partial charge in [-0.3, -0.25) is 13.9 Å². The summed E-state index contributed by atoms with van der Waals surface area (Å²) in [4.78, 5) is 17.0. The van der Waals surface area contributed by atoms with Crippen molar-refractivity contribution < 1.29 is 8.42 Å². The maximum atomic E-state index is 12.6. The SMILES string of the molecule is Cc1nc2scc(C)n2c(=O)c1S(=O)(=O)Nc1ccc(Br)cc1. The lowest BCUT2D eigenvalue weighted by Crippen LogP contribution is -2.28. The van der Waals surface area contributed by atoms with Crippen molar-refractivity contribution in [1.29, 1.82) is 0 Å². The molecule has 23 heavy (non-hydrogen) atoms. The minimum atomic E-state index is -4.03. The van der Waals surface area contributed by atoms with Gasteiger partial charge >= 0.3 is 0 Å². The molecule has 9 heteroatoms. The molecule has 0 saturated carbocycles. The standard InChI is InChI=1S/C14H12BrN3O3S2/c1-8-7-22-14-16-9(2)12(13(19)18(8)14)23(20,21)17-11-5-3-10(15)4-6-11/h3-7,17H,1-2H3. The van der Waals surface area contributed by atoms with E-state index in [-0.39, 0.29) is 10.6 Å². The molecular formula is C14H12BrN3O3S2. The van der Waals surface area contributed by atoms with E-state index in [0.717, 1.165) is 4.47 Å². The van der Waals surface area contributed by atoms with Crippen molar-refractivity contribution in [2.75, 3.05) is 4.72 Å². The van der Waals surface area contributed by atoms with Gasteiger partial charge in [0.15, 0.2) is 9.86 Å². The zero-order valence-electron chi connectivity index (χ0n) is 12.2. The van der Waals surface area contributed by atoms with Gasteiger partial charge in [-0.15, -0.1) is 11.3 Å². The number of nitrogens with one attached hydrogen (secondary N) is 1. The first-order valence-electron chi connectivity index (χ1n) is 6.55. The molecule has 0 fully saturated rings. The topological polar surface area (TPSA) is 80.5 Å². The van der Waals surface area contributed by atoms with Crippen LogP contribution < -0.4 is 10.3 Å². The van der Waals surface area contributed by atoms with E-state index in [4.69, 9.17) is 0 Å². The Morgan fingerprint density at radius 2 is 1.87 bits per heavy atom. The van der Waals surface area contributed by atoms with Gasteiger partial charge in [0.25, 0.3) is 15.6 Å². The number of aryl methyl sites for hydroxylation is 2. The lowest BCUT2D eigenvalue weighted by molar-refractivity contribution is 0.598. The molecule has 0 atom stereocenters. The number of halogens is 1. The molecule has 0 saturated heterocycles. The van der Waals surface area contributed by atoms with Crippen molar-refractivity contribution in [3.8, 4) is 0 Å². The van der Waals surface area contributed by atoms with Crippen LogP contribution in [-0.2, 0) is 10.0 Å². The Labute approximate surface area is 145 Å². The third-order valence-corrected chi connectivity index (χ3v) is 6.22. The predicted octanol–water partition coefficient (Wildman–Crippen LogP) is 2.94. The van der Waals surface area contributed by atoms with Gasteiger partial charge in [0, 0.05) is 21.2 Å². The Bertz CT molecular complexity index is 1050.